The predicted octanol–water partition coefficient (Wildman–Crippen LogP) is 2.80. The maximum absolute atomic E-state index is 8.45. The summed E-state index contributed by atoms with van der Waals surface area (Å²) in [5, 5.41) is 12.3. The first-order valence-electron chi connectivity index (χ1n) is 9.30. The Morgan fingerprint density at radius 2 is 1.81 bits per heavy atom. The maximum Gasteiger partial charge on any atom is 0.128 e. The van der Waals surface area contributed by atoms with E-state index >= 15 is 0 Å². The van der Waals surface area contributed by atoms with Gasteiger partial charge < -0.3 is 16.2 Å². The summed E-state index contributed by atoms with van der Waals surface area (Å²) in [5.41, 5.74) is 3.07. The van der Waals surface area contributed by atoms with Crippen LogP contribution in [0.4, 0.5) is 0 Å². The SMILES string of the molecule is C\C=C/C=C(\N=C/C)N1CCN(CC(=N)/C(=N\N)c2ccc(C)cc2)CC1. The van der Waals surface area contributed by atoms with Crippen molar-refractivity contribution in [2.24, 2.45) is 15.9 Å². The normalized spacial score (nSPS) is 17.2. The molecular formula is C21H30N6. The number of allylic oxidation sites excluding steroid dienone is 3. The van der Waals surface area contributed by atoms with Crippen molar-refractivity contribution in [3.8, 4) is 0 Å². The van der Waals surface area contributed by atoms with E-state index in [9.17, 15) is 0 Å². The van der Waals surface area contributed by atoms with Crippen LogP contribution in [0, 0.1) is 12.3 Å². The molecule has 0 unspecified atom stereocenters. The molecule has 3 N–H and O–H groups in total. The van der Waals surface area contributed by atoms with Crippen LogP contribution < -0.4 is 5.84 Å². The summed E-state index contributed by atoms with van der Waals surface area (Å²) in [6, 6.07) is 7.96. The fourth-order valence-electron chi connectivity index (χ4n) is 3.02. The number of piperazine rings is 1. The van der Waals surface area contributed by atoms with E-state index < -0.39 is 0 Å². The topological polar surface area (TPSA) is 81.1 Å². The zero-order valence-corrected chi connectivity index (χ0v) is 16.5. The smallest absolute Gasteiger partial charge is 0.128 e. The molecule has 1 fully saturated rings. The predicted molar refractivity (Wildman–Crippen MR) is 115 cm³/mol. The Balaban J connectivity index is 1.96. The second kappa shape index (κ2) is 10.4. The largest absolute Gasteiger partial charge is 0.354 e. The maximum atomic E-state index is 8.45. The number of hydrogen-bond acceptors (Lipinski definition) is 6. The van der Waals surface area contributed by atoms with Crippen molar-refractivity contribution in [3.05, 3.63) is 59.4 Å². The molecule has 1 saturated heterocycles. The van der Waals surface area contributed by atoms with Gasteiger partial charge in [0.1, 0.15) is 11.5 Å². The molecular weight excluding hydrogens is 336 g/mol. The molecule has 1 aromatic rings. The molecule has 0 atom stereocenters. The molecule has 0 radical (unpaired) electrons. The zero-order chi connectivity index (χ0) is 19.6. The number of benzene rings is 1. The van der Waals surface area contributed by atoms with Crippen LogP contribution in [0.3, 0.4) is 0 Å². The molecule has 144 valence electrons. The van der Waals surface area contributed by atoms with Crippen LogP contribution in [0.15, 0.2) is 58.4 Å². The third-order valence-electron chi connectivity index (χ3n) is 4.52. The van der Waals surface area contributed by atoms with Gasteiger partial charge in [0.2, 0.25) is 0 Å². The van der Waals surface area contributed by atoms with Gasteiger partial charge in [-0.05, 0) is 26.8 Å². The molecule has 1 heterocycles. The molecule has 6 nitrogen and oxygen atoms in total. The summed E-state index contributed by atoms with van der Waals surface area (Å²) in [6.07, 6.45) is 7.87. The lowest BCUT2D eigenvalue weighted by atomic mass is 10.0. The van der Waals surface area contributed by atoms with E-state index in [4.69, 9.17) is 11.3 Å². The molecule has 27 heavy (non-hydrogen) atoms. The molecule has 2 rings (SSSR count). The Morgan fingerprint density at radius 1 is 1.15 bits per heavy atom. The van der Waals surface area contributed by atoms with Gasteiger partial charge in [0.25, 0.3) is 0 Å². The number of hydrogen-bond donors (Lipinski definition) is 2. The van der Waals surface area contributed by atoms with E-state index in [2.05, 4.69) is 19.9 Å². The number of nitrogens with zero attached hydrogens (tertiary/aromatic N) is 4. The first kappa shape index (κ1) is 20.6. The van der Waals surface area contributed by atoms with Crippen molar-refractivity contribution in [1.29, 1.82) is 5.41 Å². The van der Waals surface area contributed by atoms with Crippen molar-refractivity contribution in [2.75, 3.05) is 32.7 Å². The van der Waals surface area contributed by atoms with Gasteiger partial charge >= 0.3 is 0 Å². The number of aryl methyl sites for hydroxylation is 1. The zero-order valence-electron chi connectivity index (χ0n) is 16.5. The third-order valence-corrected chi connectivity index (χ3v) is 4.52. The minimum Gasteiger partial charge on any atom is -0.354 e. The van der Waals surface area contributed by atoms with Crippen LogP contribution in [0.1, 0.15) is 25.0 Å². The van der Waals surface area contributed by atoms with Gasteiger partial charge in [-0.25, -0.2) is 4.99 Å². The quantitative estimate of drug-likeness (QED) is 0.337. The lowest BCUT2D eigenvalue weighted by Crippen LogP contribution is -2.48. The third kappa shape index (κ3) is 5.89. The monoisotopic (exact) mass is 366 g/mol. The van der Waals surface area contributed by atoms with Crippen LogP contribution in [0.2, 0.25) is 0 Å². The van der Waals surface area contributed by atoms with Gasteiger partial charge in [-0.3, -0.25) is 4.90 Å². The second-order valence-electron chi connectivity index (χ2n) is 6.52. The van der Waals surface area contributed by atoms with Gasteiger partial charge in [-0.15, -0.1) is 0 Å². The number of hydrazone groups is 1. The van der Waals surface area contributed by atoms with Crippen LogP contribution in [-0.4, -0.2) is 60.2 Å². The molecule has 0 spiro atoms. The Bertz CT molecular complexity index is 734. The van der Waals surface area contributed by atoms with Gasteiger partial charge in [0.05, 0.1) is 5.71 Å². The molecule has 0 saturated carbocycles. The molecule has 0 aromatic heterocycles. The molecule has 1 aliphatic heterocycles. The Hall–Kier alpha value is -2.73. The summed E-state index contributed by atoms with van der Waals surface area (Å²) >= 11 is 0. The minimum absolute atomic E-state index is 0.450. The summed E-state index contributed by atoms with van der Waals surface area (Å²) < 4.78 is 0. The lowest BCUT2D eigenvalue weighted by molar-refractivity contribution is 0.175. The van der Waals surface area contributed by atoms with Crippen molar-refractivity contribution < 1.29 is 0 Å². The van der Waals surface area contributed by atoms with Crippen LogP contribution in [0.5, 0.6) is 0 Å². The van der Waals surface area contributed by atoms with Crippen LogP contribution in [-0.2, 0) is 0 Å². The lowest BCUT2D eigenvalue weighted by Gasteiger charge is -2.36. The summed E-state index contributed by atoms with van der Waals surface area (Å²) in [6.45, 7) is 10.0. The van der Waals surface area contributed by atoms with E-state index in [0.29, 0.717) is 18.0 Å². The summed E-state index contributed by atoms with van der Waals surface area (Å²) in [5.74, 6) is 6.56. The highest BCUT2D eigenvalue weighted by Gasteiger charge is 2.21. The van der Waals surface area contributed by atoms with Crippen molar-refractivity contribution >= 4 is 17.6 Å². The van der Waals surface area contributed by atoms with Crippen molar-refractivity contribution in [2.45, 2.75) is 20.8 Å². The van der Waals surface area contributed by atoms with E-state index in [0.717, 1.165) is 37.6 Å². The minimum atomic E-state index is 0.450. The number of aliphatic imine (C=N–C) groups is 1. The molecule has 0 bridgehead atoms. The molecule has 6 heteroatoms. The number of nitrogens with one attached hydrogen (secondary N) is 1. The molecule has 0 aliphatic carbocycles. The highest BCUT2D eigenvalue weighted by atomic mass is 15.3. The van der Waals surface area contributed by atoms with Gasteiger partial charge in [0.15, 0.2) is 0 Å². The summed E-state index contributed by atoms with van der Waals surface area (Å²) in [7, 11) is 0. The number of rotatable bonds is 7. The van der Waals surface area contributed by atoms with Gasteiger partial charge in [-0.2, -0.15) is 5.10 Å². The Kier molecular flexibility index (Phi) is 7.95. The van der Waals surface area contributed by atoms with Gasteiger partial charge in [-0.1, -0.05) is 42.0 Å². The van der Waals surface area contributed by atoms with Gasteiger partial charge in [0, 0.05) is 44.5 Å². The highest BCUT2D eigenvalue weighted by molar-refractivity contribution is 6.47. The molecule has 1 aromatic carbocycles. The summed E-state index contributed by atoms with van der Waals surface area (Å²) in [4.78, 5) is 9.01. The van der Waals surface area contributed by atoms with E-state index in [1.54, 1.807) is 0 Å². The van der Waals surface area contributed by atoms with E-state index in [1.807, 2.05) is 69.5 Å². The standard InChI is InChI=1S/C21H30N6/c1-4-6-7-20(24-5-2)27-14-12-26(13-15-27)16-19(22)21(25-23)18-10-8-17(3)9-11-18/h4-11,22H,12-16,23H2,1-3H3/b6-4-,20-7+,22-19?,24-5-,25-21-. The fourth-order valence-corrected chi connectivity index (χ4v) is 3.02. The Morgan fingerprint density at radius 3 is 2.37 bits per heavy atom. The molecule has 0 amide bonds. The average molecular weight is 367 g/mol. The highest BCUT2D eigenvalue weighted by Crippen LogP contribution is 2.12. The first-order valence-corrected chi connectivity index (χ1v) is 9.30. The van der Waals surface area contributed by atoms with E-state index in [-0.39, 0.29) is 0 Å². The average Bonchev–Trinajstić information content (AvgIpc) is 2.68. The second-order valence-corrected chi connectivity index (χ2v) is 6.52. The number of nitrogens with two attached hydrogens (primary N) is 1. The Labute approximate surface area is 162 Å². The van der Waals surface area contributed by atoms with Crippen LogP contribution >= 0.6 is 0 Å². The van der Waals surface area contributed by atoms with Crippen molar-refractivity contribution in [3.63, 3.8) is 0 Å². The first-order chi connectivity index (χ1) is 13.1. The fraction of sp³-hybridized carbons (Fsp3) is 0.381. The van der Waals surface area contributed by atoms with Crippen LogP contribution in [0.25, 0.3) is 0 Å². The van der Waals surface area contributed by atoms with E-state index in [1.165, 1.54) is 5.56 Å². The molecule has 1 aliphatic rings. The van der Waals surface area contributed by atoms with Crippen molar-refractivity contribution in [1.82, 2.24) is 9.80 Å².